The van der Waals surface area contributed by atoms with Gasteiger partial charge in [-0.1, -0.05) is 0 Å². The van der Waals surface area contributed by atoms with E-state index >= 15 is 0 Å². The molecule has 5 heteroatoms. The van der Waals surface area contributed by atoms with Crippen molar-refractivity contribution in [1.29, 1.82) is 0 Å². The van der Waals surface area contributed by atoms with Gasteiger partial charge < -0.3 is 20.1 Å². The van der Waals surface area contributed by atoms with Crippen molar-refractivity contribution in [1.82, 2.24) is 4.90 Å². The molecular formula is C13H26N2O3. The van der Waals surface area contributed by atoms with Gasteiger partial charge in [0.05, 0.1) is 18.1 Å². The van der Waals surface area contributed by atoms with Crippen LogP contribution in [0.15, 0.2) is 0 Å². The molecule has 0 radical (unpaired) electrons. The van der Waals surface area contributed by atoms with Crippen molar-refractivity contribution >= 4 is 5.91 Å². The molecule has 1 fully saturated rings. The van der Waals surface area contributed by atoms with E-state index in [0.29, 0.717) is 32.9 Å². The van der Waals surface area contributed by atoms with Crippen LogP contribution in [0, 0.1) is 5.41 Å². The van der Waals surface area contributed by atoms with Gasteiger partial charge in [0.2, 0.25) is 5.91 Å². The summed E-state index contributed by atoms with van der Waals surface area (Å²) in [4.78, 5) is 14.2. The maximum atomic E-state index is 12.5. The fraction of sp³-hybridized carbons (Fsp3) is 0.923. The molecule has 0 aromatic heterocycles. The van der Waals surface area contributed by atoms with Crippen molar-refractivity contribution < 1.29 is 14.3 Å². The van der Waals surface area contributed by atoms with Crippen LogP contribution in [0.3, 0.4) is 0 Å². The van der Waals surface area contributed by atoms with E-state index in [1.807, 2.05) is 20.9 Å². The van der Waals surface area contributed by atoms with Gasteiger partial charge in [-0.3, -0.25) is 4.79 Å². The number of ether oxygens (including phenoxy) is 2. The Balaban J connectivity index is 2.49. The Morgan fingerprint density at radius 3 is 2.56 bits per heavy atom. The first-order chi connectivity index (χ1) is 8.52. The molecule has 2 N–H and O–H groups in total. The van der Waals surface area contributed by atoms with Crippen LogP contribution in [0.4, 0.5) is 0 Å². The minimum atomic E-state index is -0.426. The lowest BCUT2D eigenvalue weighted by molar-refractivity contribution is -0.146. The lowest BCUT2D eigenvalue weighted by Gasteiger charge is -2.37. The molecule has 0 aromatic carbocycles. The highest BCUT2D eigenvalue weighted by Gasteiger charge is 2.40. The van der Waals surface area contributed by atoms with Crippen LogP contribution in [0.25, 0.3) is 0 Å². The number of hydrogen-bond donors (Lipinski definition) is 1. The summed E-state index contributed by atoms with van der Waals surface area (Å²) in [5.41, 5.74) is 5.39. The van der Waals surface area contributed by atoms with Crippen molar-refractivity contribution in [3.8, 4) is 0 Å². The molecule has 1 saturated heterocycles. The van der Waals surface area contributed by atoms with Crippen molar-refractivity contribution in [2.45, 2.75) is 32.8 Å². The van der Waals surface area contributed by atoms with Crippen LogP contribution < -0.4 is 5.73 Å². The first-order valence-electron chi connectivity index (χ1n) is 6.67. The van der Waals surface area contributed by atoms with Gasteiger partial charge in [0.15, 0.2) is 0 Å². The predicted octanol–water partition coefficient (Wildman–Crippen LogP) is 0.625. The van der Waals surface area contributed by atoms with Gasteiger partial charge in [-0.25, -0.2) is 0 Å². The minimum absolute atomic E-state index is 0.126. The number of hydrogen-bond acceptors (Lipinski definition) is 4. The van der Waals surface area contributed by atoms with Gasteiger partial charge in [0.1, 0.15) is 0 Å². The van der Waals surface area contributed by atoms with E-state index in [1.165, 1.54) is 0 Å². The van der Waals surface area contributed by atoms with Gasteiger partial charge in [0.25, 0.3) is 0 Å². The van der Waals surface area contributed by atoms with E-state index in [-0.39, 0.29) is 12.0 Å². The van der Waals surface area contributed by atoms with E-state index in [0.717, 1.165) is 12.8 Å². The number of nitrogens with two attached hydrogens (primary N) is 1. The van der Waals surface area contributed by atoms with Crippen molar-refractivity contribution in [3.05, 3.63) is 0 Å². The van der Waals surface area contributed by atoms with E-state index in [9.17, 15) is 4.79 Å². The third kappa shape index (κ3) is 3.93. The molecule has 5 nitrogen and oxygen atoms in total. The normalized spacial score (nSPS) is 18.9. The van der Waals surface area contributed by atoms with E-state index in [4.69, 9.17) is 15.2 Å². The van der Waals surface area contributed by atoms with Crippen LogP contribution in [-0.4, -0.2) is 56.9 Å². The van der Waals surface area contributed by atoms with Crippen molar-refractivity contribution in [2.75, 3.05) is 40.0 Å². The van der Waals surface area contributed by atoms with Gasteiger partial charge in [-0.05, 0) is 26.7 Å². The highest BCUT2D eigenvalue weighted by molar-refractivity contribution is 5.83. The second-order valence-corrected chi connectivity index (χ2v) is 5.24. The first-order valence-corrected chi connectivity index (χ1v) is 6.67. The Morgan fingerprint density at radius 2 is 2.06 bits per heavy atom. The molecule has 0 saturated carbocycles. The molecule has 1 aliphatic heterocycles. The standard InChI is InChI=1S/C13H26N2O3/c1-11(2)18-9-6-15(3)12(16)13(10-14)4-7-17-8-5-13/h11H,4-10,14H2,1-3H3. The van der Waals surface area contributed by atoms with Crippen LogP contribution >= 0.6 is 0 Å². The summed E-state index contributed by atoms with van der Waals surface area (Å²) in [5.74, 6) is 0.126. The number of carbonyl (C=O) groups excluding carboxylic acids is 1. The maximum Gasteiger partial charge on any atom is 0.230 e. The summed E-state index contributed by atoms with van der Waals surface area (Å²) in [6.07, 6.45) is 1.63. The van der Waals surface area contributed by atoms with Gasteiger partial charge in [-0.15, -0.1) is 0 Å². The van der Waals surface area contributed by atoms with Crippen LogP contribution in [0.2, 0.25) is 0 Å². The van der Waals surface area contributed by atoms with E-state index in [1.54, 1.807) is 4.90 Å². The second-order valence-electron chi connectivity index (χ2n) is 5.24. The Labute approximate surface area is 110 Å². The van der Waals surface area contributed by atoms with Crippen LogP contribution in [-0.2, 0) is 14.3 Å². The molecule has 0 spiro atoms. The van der Waals surface area contributed by atoms with E-state index < -0.39 is 5.41 Å². The van der Waals surface area contributed by atoms with Crippen LogP contribution in [0.5, 0.6) is 0 Å². The zero-order valence-electron chi connectivity index (χ0n) is 11.8. The highest BCUT2D eigenvalue weighted by Crippen LogP contribution is 2.31. The fourth-order valence-corrected chi connectivity index (χ4v) is 2.20. The number of likely N-dealkylation sites (N-methyl/N-ethyl adjacent to an activating group) is 1. The summed E-state index contributed by atoms with van der Waals surface area (Å²) < 4.78 is 10.8. The fourth-order valence-electron chi connectivity index (χ4n) is 2.20. The summed E-state index contributed by atoms with van der Waals surface area (Å²) in [5, 5.41) is 0. The van der Waals surface area contributed by atoms with Gasteiger partial charge in [-0.2, -0.15) is 0 Å². The highest BCUT2D eigenvalue weighted by atomic mass is 16.5. The molecular weight excluding hydrogens is 232 g/mol. The molecule has 0 unspecified atom stereocenters. The Bertz CT molecular complexity index is 263. The number of amides is 1. The van der Waals surface area contributed by atoms with Gasteiger partial charge >= 0.3 is 0 Å². The SMILES string of the molecule is CC(C)OCCN(C)C(=O)C1(CN)CCOCC1. The molecule has 18 heavy (non-hydrogen) atoms. The monoisotopic (exact) mass is 258 g/mol. The average molecular weight is 258 g/mol. The second kappa shape index (κ2) is 7.07. The summed E-state index contributed by atoms with van der Waals surface area (Å²) >= 11 is 0. The zero-order valence-corrected chi connectivity index (χ0v) is 11.8. The number of nitrogens with zero attached hydrogens (tertiary/aromatic N) is 1. The molecule has 1 amide bonds. The summed E-state index contributed by atoms with van der Waals surface area (Å²) in [6, 6.07) is 0. The quantitative estimate of drug-likeness (QED) is 0.759. The van der Waals surface area contributed by atoms with Gasteiger partial charge in [0, 0.05) is 33.4 Å². The third-order valence-corrected chi connectivity index (χ3v) is 3.52. The van der Waals surface area contributed by atoms with Crippen molar-refractivity contribution in [2.24, 2.45) is 11.1 Å². The largest absolute Gasteiger partial charge is 0.381 e. The lowest BCUT2D eigenvalue weighted by Crippen LogP contribution is -2.50. The Kier molecular flexibility index (Phi) is 6.05. The molecule has 106 valence electrons. The number of rotatable bonds is 6. The minimum Gasteiger partial charge on any atom is -0.381 e. The van der Waals surface area contributed by atoms with Crippen molar-refractivity contribution in [3.63, 3.8) is 0 Å². The molecule has 0 aliphatic carbocycles. The topological polar surface area (TPSA) is 64.8 Å². The summed E-state index contributed by atoms with van der Waals surface area (Å²) in [7, 11) is 1.82. The Morgan fingerprint density at radius 1 is 1.44 bits per heavy atom. The maximum absolute atomic E-state index is 12.5. The molecule has 0 aromatic rings. The first kappa shape index (κ1) is 15.4. The Hall–Kier alpha value is -0.650. The van der Waals surface area contributed by atoms with Crippen LogP contribution in [0.1, 0.15) is 26.7 Å². The zero-order chi connectivity index (χ0) is 13.6. The molecule has 0 atom stereocenters. The molecule has 1 rings (SSSR count). The molecule has 1 aliphatic rings. The molecule has 0 bridgehead atoms. The third-order valence-electron chi connectivity index (χ3n) is 3.52. The molecule has 1 heterocycles. The lowest BCUT2D eigenvalue weighted by atomic mass is 9.79. The summed E-state index contributed by atoms with van der Waals surface area (Å²) in [6.45, 7) is 6.79. The average Bonchev–Trinajstić information content (AvgIpc) is 2.38. The number of carbonyl (C=O) groups is 1. The smallest absolute Gasteiger partial charge is 0.230 e. The van der Waals surface area contributed by atoms with E-state index in [2.05, 4.69) is 0 Å². The predicted molar refractivity (Wildman–Crippen MR) is 70.3 cm³/mol.